The van der Waals surface area contributed by atoms with Crippen LogP contribution in [0.5, 0.6) is 0 Å². The molecule has 2 aromatic carbocycles. The van der Waals surface area contributed by atoms with Gasteiger partial charge in [-0.3, -0.25) is 9.69 Å². The molecule has 0 aliphatic carbocycles. The zero-order chi connectivity index (χ0) is 23.0. The average Bonchev–Trinajstić information content (AvgIpc) is 3.32. The van der Waals surface area contributed by atoms with Crippen molar-refractivity contribution in [1.82, 2.24) is 0 Å². The van der Waals surface area contributed by atoms with Crippen molar-refractivity contribution in [2.75, 3.05) is 4.90 Å². The number of hydrogen-bond donors (Lipinski definition) is 1. The summed E-state index contributed by atoms with van der Waals surface area (Å²) in [4.78, 5) is 25.4. The van der Waals surface area contributed by atoms with Gasteiger partial charge in [-0.15, -0.1) is 0 Å². The molecule has 1 N–H and O–H groups in total. The molecular formula is C22H12F3NO4S2. The predicted octanol–water partition coefficient (Wildman–Crippen LogP) is 6.07. The van der Waals surface area contributed by atoms with Gasteiger partial charge in [0, 0.05) is 11.6 Å². The van der Waals surface area contributed by atoms with E-state index < -0.39 is 23.6 Å². The number of thioether (sulfide) groups is 1. The number of alkyl halides is 3. The van der Waals surface area contributed by atoms with E-state index in [0.29, 0.717) is 5.69 Å². The lowest BCUT2D eigenvalue weighted by Gasteiger charge is -2.14. The van der Waals surface area contributed by atoms with Crippen LogP contribution in [-0.4, -0.2) is 21.3 Å². The number of rotatable bonds is 4. The minimum Gasteiger partial charge on any atom is -0.478 e. The van der Waals surface area contributed by atoms with Crippen LogP contribution in [-0.2, 0) is 11.0 Å². The van der Waals surface area contributed by atoms with Crippen molar-refractivity contribution < 1.29 is 32.3 Å². The predicted molar refractivity (Wildman–Crippen MR) is 118 cm³/mol. The van der Waals surface area contributed by atoms with Gasteiger partial charge in [0.1, 0.15) is 11.5 Å². The van der Waals surface area contributed by atoms with E-state index in [1.807, 2.05) is 0 Å². The Morgan fingerprint density at radius 3 is 2.47 bits per heavy atom. The van der Waals surface area contributed by atoms with Crippen LogP contribution in [0.3, 0.4) is 0 Å². The maximum Gasteiger partial charge on any atom is 0.416 e. The van der Waals surface area contributed by atoms with Crippen LogP contribution >= 0.6 is 24.0 Å². The molecule has 32 heavy (non-hydrogen) atoms. The topological polar surface area (TPSA) is 70.8 Å². The van der Waals surface area contributed by atoms with Crippen molar-refractivity contribution in [3.05, 3.63) is 82.5 Å². The minimum atomic E-state index is -4.47. The fourth-order valence-corrected chi connectivity index (χ4v) is 4.29. The molecule has 3 aromatic rings. The quantitative estimate of drug-likeness (QED) is 0.365. The highest BCUT2D eigenvalue weighted by molar-refractivity contribution is 8.27. The second kappa shape index (κ2) is 8.29. The van der Waals surface area contributed by atoms with Gasteiger partial charge in [-0.1, -0.05) is 36.1 Å². The van der Waals surface area contributed by atoms with Crippen LogP contribution in [0.4, 0.5) is 18.9 Å². The minimum absolute atomic E-state index is 0.0763. The molecule has 4 rings (SSSR count). The van der Waals surface area contributed by atoms with Crippen molar-refractivity contribution in [3.63, 3.8) is 0 Å². The Morgan fingerprint density at radius 2 is 1.81 bits per heavy atom. The Balaban J connectivity index is 1.58. The normalized spacial score (nSPS) is 15.6. The van der Waals surface area contributed by atoms with E-state index in [2.05, 4.69) is 0 Å². The van der Waals surface area contributed by atoms with Crippen LogP contribution < -0.4 is 4.90 Å². The molecule has 0 bridgehead atoms. The summed E-state index contributed by atoms with van der Waals surface area (Å²) in [6, 6.07) is 13.5. The largest absolute Gasteiger partial charge is 0.478 e. The van der Waals surface area contributed by atoms with E-state index in [-0.39, 0.29) is 31.9 Å². The van der Waals surface area contributed by atoms with Crippen LogP contribution in [0.15, 0.2) is 70.0 Å². The van der Waals surface area contributed by atoms with E-state index in [1.54, 1.807) is 6.07 Å². The molecular weight excluding hydrogens is 463 g/mol. The first-order chi connectivity index (χ1) is 15.1. The highest BCUT2D eigenvalue weighted by Crippen LogP contribution is 2.37. The number of anilines is 1. The maximum absolute atomic E-state index is 13.0. The zero-order valence-corrected chi connectivity index (χ0v) is 17.6. The summed E-state index contributed by atoms with van der Waals surface area (Å²) < 4.78 is 44.7. The van der Waals surface area contributed by atoms with Crippen molar-refractivity contribution >= 4 is 51.9 Å². The molecule has 1 aliphatic heterocycles. The molecule has 0 unspecified atom stereocenters. The maximum atomic E-state index is 13.0. The smallest absolute Gasteiger partial charge is 0.416 e. The van der Waals surface area contributed by atoms with Crippen molar-refractivity contribution in [3.8, 4) is 11.3 Å². The Labute approximate surface area is 189 Å². The summed E-state index contributed by atoms with van der Waals surface area (Å²) >= 11 is 6.32. The molecule has 0 saturated carbocycles. The molecule has 1 saturated heterocycles. The number of carboxylic acids is 1. The number of aromatic carboxylic acids is 1. The van der Waals surface area contributed by atoms with E-state index in [4.69, 9.17) is 21.7 Å². The van der Waals surface area contributed by atoms with Gasteiger partial charge in [0.15, 0.2) is 4.32 Å². The lowest BCUT2D eigenvalue weighted by molar-refractivity contribution is -0.137. The first-order valence-electron chi connectivity index (χ1n) is 9.02. The van der Waals surface area contributed by atoms with Gasteiger partial charge < -0.3 is 9.52 Å². The number of hydrogen-bond acceptors (Lipinski definition) is 5. The Bertz CT molecular complexity index is 1260. The van der Waals surface area contributed by atoms with Crippen LogP contribution in [0.2, 0.25) is 0 Å². The number of benzene rings is 2. The molecule has 0 atom stereocenters. The fraction of sp³-hybridized carbons (Fsp3) is 0.0455. The number of carbonyl (C=O) groups is 2. The lowest BCUT2D eigenvalue weighted by atomic mass is 10.1. The molecule has 1 amide bonds. The van der Waals surface area contributed by atoms with E-state index in [1.165, 1.54) is 53.4 Å². The third-order valence-corrected chi connectivity index (χ3v) is 5.84. The summed E-state index contributed by atoms with van der Waals surface area (Å²) in [5.74, 6) is -1.00. The molecule has 2 heterocycles. The zero-order valence-electron chi connectivity index (χ0n) is 15.9. The third kappa shape index (κ3) is 4.32. The molecule has 0 radical (unpaired) electrons. The van der Waals surface area contributed by atoms with Crippen LogP contribution in [0.25, 0.3) is 17.4 Å². The van der Waals surface area contributed by atoms with Crippen molar-refractivity contribution in [1.29, 1.82) is 0 Å². The number of carboxylic acid groups (broad SMARTS) is 1. The highest BCUT2D eigenvalue weighted by atomic mass is 32.2. The van der Waals surface area contributed by atoms with Crippen LogP contribution in [0, 0.1) is 0 Å². The number of furan rings is 1. The van der Waals surface area contributed by atoms with Crippen LogP contribution in [0.1, 0.15) is 21.7 Å². The molecule has 10 heteroatoms. The molecule has 162 valence electrons. The number of thiocarbonyl (C=S) groups is 1. The summed E-state index contributed by atoms with van der Waals surface area (Å²) in [5.41, 5.74) is -0.0364. The molecule has 5 nitrogen and oxygen atoms in total. The SMILES string of the molecule is O=C(O)c1ccc(N2C(=O)C(=Cc3ccc(-c4cccc(C(F)(F)F)c4)o3)SC2=S)cc1. The lowest BCUT2D eigenvalue weighted by Crippen LogP contribution is -2.27. The van der Waals surface area contributed by atoms with Gasteiger partial charge in [-0.2, -0.15) is 13.2 Å². The number of amides is 1. The third-order valence-electron chi connectivity index (χ3n) is 4.54. The second-order valence-electron chi connectivity index (χ2n) is 6.65. The van der Waals surface area contributed by atoms with Crippen molar-refractivity contribution in [2.24, 2.45) is 0 Å². The van der Waals surface area contributed by atoms with Gasteiger partial charge >= 0.3 is 12.1 Å². The number of carbonyl (C=O) groups excluding carboxylic acids is 1. The standard InChI is InChI=1S/C22H12F3NO4S2/c23-22(24,25)14-3-1-2-13(10-14)17-9-8-16(30-17)11-18-19(27)26(21(31)32-18)15-6-4-12(5-7-15)20(28)29/h1-11H,(H,28,29). The Morgan fingerprint density at radius 1 is 1.09 bits per heavy atom. The monoisotopic (exact) mass is 475 g/mol. The molecule has 1 aromatic heterocycles. The number of nitrogens with zero attached hydrogens (tertiary/aromatic N) is 1. The van der Waals surface area contributed by atoms with Gasteiger partial charge in [-0.05, 0) is 48.5 Å². The summed E-state index contributed by atoms with van der Waals surface area (Å²) in [6.07, 6.45) is -3.01. The van der Waals surface area contributed by atoms with Gasteiger partial charge in [0.25, 0.3) is 5.91 Å². The van der Waals surface area contributed by atoms with Gasteiger partial charge in [0.05, 0.1) is 21.7 Å². The van der Waals surface area contributed by atoms with Gasteiger partial charge in [0.2, 0.25) is 0 Å². The average molecular weight is 475 g/mol. The van der Waals surface area contributed by atoms with E-state index in [0.717, 1.165) is 23.9 Å². The molecule has 1 fully saturated rings. The Hall–Kier alpha value is -3.37. The fourth-order valence-electron chi connectivity index (χ4n) is 3.01. The summed E-state index contributed by atoms with van der Waals surface area (Å²) in [5, 5.41) is 9.00. The van der Waals surface area contributed by atoms with E-state index in [9.17, 15) is 22.8 Å². The molecule has 1 aliphatic rings. The van der Waals surface area contributed by atoms with Crippen molar-refractivity contribution in [2.45, 2.75) is 6.18 Å². The first-order valence-corrected chi connectivity index (χ1v) is 10.2. The summed E-state index contributed by atoms with van der Waals surface area (Å²) in [7, 11) is 0. The van der Waals surface area contributed by atoms with Gasteiger partial charge in [-0.25, -0.2) is 4.79 Å². The Kier molecular flexibility index (Phi) is 5.66. The second-order valence-corrected chi connectivity index (χ2v) is 8.33. The van der Waals surface area contributed by atoms with E-state index >= 15 is 0 Å². The number of halogens is 3. The molecule has 0 spiro atoms. The first kappa shape index (κ1) is 21.8. The summed E-state index contributed by atoms with van der Waals surface area (Å²) in [6.45, 7) is 0. The highest BCUT2D eigenvalue weighted by Gasteiger charge is 2.34.